The third kappa shape index (κ3) is 5.81. The van der Waals surface area contributed by atoms with E-state index in [9.17, 15) is 9.90 Å². The topological polar surface area (TPSA) is 70.6 Å². The molecule has 0 aliphatic heterocycles. The summed E-state index contributed by atoms with van der Waals surface area (Å²) in [4.78, 5) is 11.8. The Morgan fingerprint density at radius 2 is 2.00 bits per heavy atom. The molecular weight excluding hydrogens is 316 g/mol. The van der Waals surface area contributed by atoms with Gasteiger partial charge in [-0.2, -0.15) is 0 Å². The van der Waals surface area contributed by atoms with Crippen molar-refractivity contribution in [3.63, 3.8) is 0 Å². The standard InChI is InChI=1S/C17H19ClN2O3/c1-12-7-8-13(18)9-16(12)20-17(22)19-10-14(21)11-23-15-5-3-2-4-6-15/h2-9,14,21H,10-11H2,1H3,(H2,19,20,22). The Balaban J connectivity index is 1.74. The second-order valence-corrected chi connectivity index (χ2v) is 5.51. The number of aliphatic hydroxyl groups excluding tert-OH is 1. The fourth-order valence-electron chi connectivity index (χ4n) is 1.87. The summed E-state index contributed by atoms with van der Waals surface area (Å²) in [5.74, 6) is 0.672. The van der Waals surface area contributed by atoms with Crippen LogP contribution in [0.5, 0.6) is 5.75 Å². The van der Waals surface area contributed by atoms with Crippen molar-refractivity contribution in [1.29, 1.82) is 0 Å². The van der Waals surface area contributed by atoms with Crippen LogP contribution in [0.15, 0.2) is 48.5 Å². The molecular formula is C17H19ClN2O3. The number of benzene rings is 2. The molecule has 0 heterocycles. The number of halogens is 1. The molecule has 0 fully saturated rings. The van der Waals surface area contributed by atoms with Gasteiger partial charge >= 0.3 is 6.03 Å². The van der Waals surface area contributed by atoms with Gasteiger partial charge in [0.2, 0.25) is 0 Å². The maximum Gasteiger partial charge on any atom is 0.319 e. The number of amides is 2. The molecule has 2 aromatic carbocycles. The van der Waals surface area contributed by atoms with E-state index in [2.05, 4.69) is 10.6 Å². The second kappa shape index (κ2) is 8.41. The van der Waals surface area contributed by atoms with Gasteiger partial charge in [-0.1, -0.05) is 35.9 Å². The number of urea groups is 1. The number of carbonyl (C=O) groups is 1. The Kier molecular flexibility index (Phi) is 6.26. The van der Waals surface area contributed by atoms with Crippen molar-refractivity contribution in [3.8, 4) is 5.75 Å². The summed E-state index contributed by atoms with van der Waals surface area (Å²) in [7, 11) is 0. The average Bonchev–Trinajstić information content (AvgIpc) is 2.55. The van der Waals surface area contributed by atoms with Gasteiger partial charge < -0.3 is 20.5 Å². The molecule has 1 unspecified atom stereocenters. The summed E-state index contributed by atoms with van der Waals surface area (Å²) in [5.41, 5.74) is 1.53. The number of ether oxygens (including phenoxy) is 1. The Labute approximate surface area is 140 Å². The highest BCUT2D eigenvalue weighted by Crippen LogP contribution is 2.19. The van der Waals surface area contributed by atoms with Gasteiger partial charge in [-0.05, 0) is 36.8 Å². The maximum atomic E-state index is 11.8. The van der Waals surface area contributed by atoms with E-state index in [1.54, 1.807) is 24.3 Å². The predicted octanol–water partition coefficient (Wildman–Crippen LogP) is 3.21. The van der Waals surface area contributed by atoms with E-state index in [0.717, 1.165) is 5.56 Å². The van der Waals surface area contributed by atoms with Gasteiger partial charge in [-0.15, -0.1) is 0 Å². The van der Waals surface area contributed by atoms with Crippen molar-refractivity contribution in [3.05, 3.63) is 59.1 Å². The number of anilines is 1. The molecule has 5 nitrogen and oxygen atoms in total. The van der Waals surface area contributed by atoms with Gasteiger partial charge in [0.25, 0.3) is 0 Å². The smallest absolute Gasteiger partial charge is 0.319 e. The third-order valence-corrected chi connectivity index (χ3v) is 3.37. The van der Waals surface area contributed by atoms with E-state index >= 15 is 0 Å². The number of aliphatic hydroxyl groups is 1. The fraction of sp³-hybridized carbons (Fsp3) is 0.235. The second-order valence-electron chi connectivity index (χ2n) is 5.07. The molecule has 3 N–H and O–H groups in total. The highest BCUT2D eigenvalue weighted by molar-refractivity contribution is 6.31. The lowest BCUT2D eigenvalue weighted by atomic mass is 10.2. The summed E-state index contributed by atoms with van der Waals surface area (Å²) in [5, 5.41) is 15.7. The van der Waals surface area contributed by atoms with E-state index in [4.69, 9.17) is 16.3 Å². The molecule has 0 aliphatic carbocycles. The van der Waals surface area contributed by atoms with Crippen LogP contribution in [0.25, 0.3) is 0 Å². The Morgan fingerprint density at radius 3 is 2.74 bits per heavy atom. The van der Waals surface area contributed by atoms with E-state index in [-0.39, 0.29) is 13.2 Å². The predicted molar refractivity (Wildman–Crippen MR) is 91.2 cm³/mol. The van der Waals surface area contributed by atoms with Crippen LogP contribution in [0, 0.1) is 6.92 Å². The summed E-state index contributed by atoms with van der Waals surface area (Å²) >= 11 is 5.90. The van der Waals surface area contributed by atoms with Gasteiger partial charge in [-0.3, -0.25) is 0 Å². The summed E-state index contributed by atoms with van der Waals surface area (Å²) in [6, 6.07) is 14.0. The summed E-state index contributed by atoms with van der Waals surface area (Å²) < 4.78 is 5.41. The first-order valence-corrected chi connectivity index (χ1v) is 7.59. The minimum absolute atomic E-state index is 0.0816. The van der Waals surface area contributed by atoms with Crippen LogP contribution < -0.4 is 15.4 Å². The Morgan fingerprint density at radius 1 is 1.26 bits per heavy atom. The van der Waals surface area contributed by atoms with Gasteiger partial charge in [0.05, 0.1) is 0 Å². The molecule has 2 rings (SSSR count). The largest absolute Gasteiger partial charge is 0.491 e. The summed E-state index contributed by atoms with van der Waals surface area (Å²) in [6.07, 6.45) is -0.804. The third-order valence-electron chi connectivity index (χ3n) is 3.13. The molecule has 122 valence electrons. The molecule has 23 heavy (non-hydrogen) atoms. The minimum atomic E-state index is -0.804. The van der Waals surface area contributed by atoms with Crippen LogP contribution in [0.3, 0.4) is 0 Å². The Hall–Kier alpha value is -2.24. The Bertz CT molecular complexity index is 650. The van der Waals surface area contributed by atoms with E-state index < -0.39 is 12.1 Å². The number of para-hydroxylation sites is 1. The van der Waals surface area contributed by atoms with Crippen molar-refractivity contribution in [2.45, 2.75) is 13.0 Å². The molecule has 0 saturated carbocycles. The molecule has 2 aromatic rings. The number of nitrogens with one attached hydrogen (secondary N) is 2. The first kappa shape index (κ1) is 17.1. The zero-order chi connectivity index (χ0) is 16.7. The van der Waals surface area contributed by atoms with Crippen molar-refractivity contribution in [1.82, 2.24) is 5.32 Å². The number of carbonyl (C=O) groups excluding carboxylic acids is 1. The number of aryl methyl sites for hydroxylation is 1. The van der Waals surface area contributed by atoms with Crippen LogP contribution in [-0.4, -0.2) is 30.4 Å². The number of hydrogen-bond acceptors (Lipinski definition) is 3. The van der Waals surface area contributed by atoms with Gasteiger partial charge in [0.1, 0.15) is 18.5 Å². The maximum absolute atomic E-state index is 11.8. The van der Waals surface area contributed by atoms with Crippen LogP contribution in [0.2, 0.25) is 5.02 Å². The van der Waals surface area contributed by atoms with Crippen molar-refractivity contribution >= 4 is 23.3 Å². The molecule has 0 spiro atoms. The zero-order valence-electron chi connectivity index (χ0n) is 12.8. The molecule has 1 atom stereocenters. The fourth-order valence-corrected chi connectivity index (χ4v) is 2.05. The van der Waals surface area contributed by atoms with Crippen LogP contribution in [-0.2, 0) is 0 Å². The lowest BCUT2D eigenvalue weighted by molar-refractivity contribution is 0.108. The zero-order valence-corrected chi connectivity index (χ0v) is 13.5. The first-order chi connectivity index (χ1) is 11.0. The van der Waals surface area contributed by atoms with E-state index in [0.29, 0.717) is 16.5 Å². The van der Waals surface area contributed by atoms with Crippen LogP contribution in [0.1, 0.15) is 5.56 Å². The monoisotopic (exact) mass is 334 g/mol. The van der Waals surface area contributed by atoms with Gasteiger partial charge in [0, 0.05) is 17.3 Å². The highest BCUT2D eigenvalue weighted by atomic mass is 35.5. The van der Waals surface area contributed by atoms with Crippen molar-refractivity contribution in [2.24, 2.45) is 0 Å². The van der Waals surface area contributed by atoms with Crippen LogP contribution >= 0.6 is 11.6 Å². The number of rotatable bonds is 6. The SMILES string of the molecule is Cc1ccc(Cl)cc1NC(=O)NCC(O)COc1ccccc1. The average molecular weight is 335 g/mol. The van der Waals surface area contributed by atoms with Gasteiger partial charge in [0.15, 0.2) is 0 Å². The minimum Gasteiger partial charge on any atom is -0.491 e. The molecule has 0 aliphatic rings. The van der Waals surface area contributed by atoms with Gasteiger partial charge in [-0.25, -0.2) is 4.79 Å². The summed E-state index contributed by atoms with van der Waals surface area (Å²) in [6.45, 7) is 2.05. The molecule has 6 heteroatoms. The lowest BCUT2D eigenvalue weighted by Gasteiger charge is -2.14. The molecule has 2 amide bonds. The van der Waals surface area contributed by atoms with Crippen molar-refractivity contribution < 1.29 is 14.6 Å². The van der Waals surface area contributed by atoms with Crippen LogP contribution in [0.4, 0.5) is 10.5 Å². The first-order valence-electron chi connectivity index (χ1n) is 7.21. The number of hydrogen-bond donors (Lipinski definition) is 3. The molecule has 0 aromatic heterocycles. The highest BCUT2D eigenvalue weighted by Gasteiger charge is 2.09. The quantitative estimate of drug-likeness (QED) is 0.759. The molecule has 0 saturated heterocycles. The van der Waals surface area contributed by atoms with Crippen molar-refractivity contribution in [2.75, 3.05) is 18.5 Å². The molecule has 0 radical (unpaired) electrons. The lowest BCUT2D eigenvalue weighted by Crippen LogP contribution is -2.37. The molecule has 0 bridgehead atoms. The van der Waals surface area contributed by atoms with E-state index in [1.807, 2.05) is 31.2 Å². The van der Waals surface area contributed by atoms with E-state index in [1.165, 1.54) is 0 Å². The normalized spacial score (nSPS) is 11.6.